The molecule has 0 saturated heterocycles. The molecule has 0 bridgehead atoms. The van der Waals surface area contributed by atoms with Crippen molar-refractivity contribution in [1.82, 2.24) is 10.3 Å². The summed E-state index contributed by atoms with van der Waals surface area (Å²) >= 11 is 0. The molecule has 0 amide bonds. The Morgan fingerprint density at radius 1 is 0.818 bits per heavy atom. The van der Waals surface area contributed by atoms with E-state index in [1.807, 2.05) is 0 Å². The van der Waals surface area contributed by atoms with Crippen LogP contribution in [0.15, 0.2) is 91.1 Å². The third-order valence-electron chi connectivity index (χ3n) is 6.06. The van der Waals surface area contributed by atoms with Crippen molar-refractivity contribution in [3.05, 3.63) is 113 Å². The van der Waals surface area contributed by atoms with E-state index < -0.39 is 0 Å². The van der Waals surface area contributed by atoms with Gasteiger partial charge in [-0.05, 0) is 53.9 Å². The van der Waals surface area contributed by atoms with Crippen molar-refractivity contribution >= 4 is 34.1 Å². The van der Waals surface area contributed by atoms with Crippen molar-refractivity contribution in [2.24, 2.45) is 0 Å². The number of nitrogens with one attached hydrogen (secondary N) is 2. The van der Waals surface area contributed by atoms with E-state index in [4.69, 9.17) is 4.74 Å². The number of aromatic nitrogens is 1. The number of aromatic amines is 1. The molecule has 2 N–H and O–H groups in total. The molecule has 0 aliphatic rings. The molecule has 1 aromatic heterocycles. The lowest BCUT2D eigenvalue weighted by Crippen LogP contribution is -2.17. The summed E-state index contributed by atoms with van der Waals surface area (Å²) in [4.78, 5) is 3.37. The van der Waals surface area contributed by atoms with Crippen LogP contribution >= 0.6 is 12.4 Å². The van der Waals surface area contributed by atoms with Gasteiger partial charge in [-0.1, -0.05) is 78.4 Å². The van der Waals surface area contributed by atoms with Gasteiger partial charge >= 0.3 is 0 Å². The summed E-state index contributed by atoms with van der Waals surface area (Å²) in [6, 6.07) is 29.8. The first-order chi connectivity index (χ1) is 15.8. The smallest absolute Gasteiger partial charge is 0.124 e. The number of fused-ring (bicyclic) bond motifs is 2. The van der Waals surface area contributed by atoms with Crippen LogP contribution < -0.4 is 10.1 Å². The molecule has 5 rings (SSSR count). The predicted octanol–water partition coefficient (Wildman–Crippen LogP) is 6.96. The molecule has 1 heterocycles. The fourth-order valence-corrected chi connectivity index (χ4v) is 4.25. The molecular weight excluding hydrogens is 428 g/mol. The monoisotopic (exact) mass is 456 g/mol. The third kappa shape index (κ3) is 5.22. The second-order valence-electron chi connectivity index (χ2n) is 8.32. The van der Waals surface area contributed by atoms with Gasteiger partial charge in [0.2, 0.25) is 0 Å². The van der Waals surface area contributed by atoms with Gasteiger partial charge in [0.25, 0.3) is 0 Å². The van der Waals surface area contributed by atoms with Crippen molar-refractivity contribution in [1.29, 1.82) is 0 Å². The molecular formula is C29H29ClN2O. The summed E-state index contributed by atoms with van der Waals surface area (Å²) in [6.07, 6.45) is 3.11. The van der Waals surface area contributed by atoms with E-state index in [0.717, 1.165) is 25.3 Å². The van der Waals surface area contributed by atoms with Crippen molar-refractivity contribution in [3.8, 4) is 5.75 Å². The normalized spacial score (nSPS) is 10.9. The lowest BCUT2D eigenvalue weighted by molar-refractivity contribution is 0.303. The highest BCUT2D eigenvalue weighted by Gasteiger charge is 2.10. The number of rotatable bonds is 8. The molecule has 168 valence electrons. The van der Waals surface area contributed by atoms with Crippen molar-refractivity contribution in [2.75, 3.05) is 6.54 Å². The van der Waals surface area contributed by atoms with Crippen molar-refractivity contribution in [3.63, 3.8) is 0 Å². The van der Waals surface area contributed by atoms with E-state index >= 15 is 0 Å². The SMILES string of the molecule is Cc1ccc(COc2ccc3ccccc3c2CNCCc2c[nH]c3ccccc23)cc1.Cl. The van der Waals surface area contributed by atoms with Gasteiger partial charge in [-0.2, -0.15) is 0 Å². The fraction of sp³-hybridized carbons (Fsp3) is 0.172. The zero-order valence-corrected chi connectivity index (χ0v) is 19.6. The van der Waals surface area contributed by atoms with Gasteiger partial charge in [-0.3, -0.25) is 0 Å². The summed E-state index contributed by atoms with van der Waals surface area (Å²) in [6.45, 7) is 4.35. The second kappa shape index (κ2) is 10.6. The van der Waals surface area contributed by atoms with Crippen molar-refractivity contribution < 1.29 is 4.74 Å². The van der Waals surface area contributed by atoms with Gasteiger partial charge in [0.1, 0.15) is 12.4 Å². The van der Waals surface area contributed by atoms with Gasteiger partial charge in [-0.25, -0.2) is 0 Å². The van der Waals surface area contributed by atoms with Crippen LogP contribution in [-0.2, 0) is 19.6 Å². The van der Waals surface area contributed by atoms with Crippen LogP contribution in [-0.4, -0.2) is 11.5 Å². The minimum atomic E-state index is 0. The zero-order valence-electron chi connectivity index (χ0n) is 18.8. The Morgan fingerprint density at radius 2 is 1.58 bits per heavy atom. The molecule has 5 aromatic rings. The van der Waals surface area contributed by atoms with Crippen LogP contribution in [0.3, 0.4) is 0 Å². The zero-order chi connectivity index (χ0) is 21.8. The van der Waals surface area contributed by atoms with E-state index in [1.165, 1.54) is 43.9 Å². The highest BCUT2D eigenvalue weighted by atomic mass is 35.5. The molecule has 0 atom stereocenters. The van der Waals surface area contributed by atoms with Crippen LogP contribution in [0.4, 0.5) is 0 Å². The molecule has 0 aliphatic carbocycles. The summed E-state index contributed by atoms with van der Waals surface area (Å²) < 4.78 is 6.29. The van der Waals surface area contributed by atoms with E-state index in [2.05, 4.69) is 108 Å². The average Bonchev–Trinajstić information content (AvgIpc) is 3.25. The Hall–Kier alpha value is -3.27. The predicted molar refractivity (Wildman–Crippen MR) is 140 cm³/mol. The number of para-hydroxylation sites is 1. The molecule has 0 radical (unpaired) electrons. The van der Waals surface area contributed by atoms with Gasteiger partial charge in [0, 0.05) is 29.2 Å². The number of aryl methyl sites for hydroxylation is 1. The molecule has 0 saturated carbocycles. The average molecular weight is 457 g/mol. The van der Waals surface area contributed by atoms with Crippen LogP contribution in [0.1, 0.15) is 22.3 Å². The molecule has 0 aliphatic heterocycles. The van der Waals surface area contributed by atoms with E-state index in [-0.39, 0.29) is 12.4 Å². The highest BCUT2D eigenvalue weighted by Crippen LogP contribution is 2.29. The van der Waals surface area contributed by atoms with Crippen molar-refractivity contribution in [2.45, 2.75) is 26.5 Å². The molecule has 0 fully saturated rings. The summed E-state index contributed by atoms with van der Waals surface area (Å²) in [5, 5.41) is 7.44. The maximum Gasteiger partial charge on any atom is 0.124 e. The van der Waals surface area contributed by atoms with E-state index in [9.17, 15) is 0 Å². The summed E-state index contributed by atoms with van der Waals surface area (Å²) in [5.74, 6) is 0.948. The topological polar surface area (TPSA) is 37.0 Å². The number of halogens is 1. The van der Waals surface area contributed by atoms with Crippen LogP contribution in [0, 0.1) is 6.92 Å². The Balaban J connectivity index is 0.00000259. The first-order valence-corrected chi connectivity index (χ1v) is 11.2. The first kappa shape index (κ1) is 22.9. The van der Waals surface area contributed by atoms with Crippen LogP contribution in [0.25, 0.3) is 21.7 Å². The molecule has 3 nitrogen and oxygen atoms in total. The van der Waals surface area contributed by atoms with E-state index in [1.54, 1.807) is 0 Å². The minimum Gasteiger partial charge on any atom is -0.489 e. The molecule has 33 heavy (non-hydrogen) atoms. The number of H-pyrrole nitrogens is 1. The van der Waals surface area contributed by atoms with Gasteiger partial charge in [-0.15, -0.1) is 12.4 Å². The van der Waals surface area contributed by atoms with Gasteiger partial charge in [0.15, 0.2) is 0 Å². The van der Waals surface area contributed by atoms with Crippen LogP contribution in [0.2, 0.25) is 0 Å². The van der Waals surface area contributed by atoms with Crippen LogP contribution in [0.5, 0.6) is 5.75 Å². The standard InChI is InChI=1S/C29H28N2O.ClH/c1-21-10-12-22(13-11-21)20-32-29-15-14-23-6-2-3-7-25(23)27(29)19-30-17-16-24-18-31-28-9-5-4-8-26(24)28;/h2-15,18,30-31H,16-17,19-20H2,1H3;1H. The first-order valence-electron chi connectivity index (χ1n) is 11.2. The Morgan fingerprint density at radius 3 is 2.42 bits per heavy atom. The maximum absolute atomic E-state index is 6.29. The maximum atomic E-state index is 6.29. The molecule has 4 aromatic carbocycles. The largest absolute Gasteiger partial charge is 0.489 e. The molecule has 0 unspecified atom stereocenters. The van der Waals surface area contributed by atoms with E-state index in [0.29, 0.717) is 6.61 Å². The molecule has 0 spiro atoms. The Bertz CT molecular complexity index is 1340. The second-order valence-corrected chi connectivity index (χ2v) is 8.32. The minimum absolute atomic E-state index is 0. The molecule has 4 heteroatoms. The highest BCUT2D eigenvalue weighted by molar-refractivity contribution is 5.88. The lowest BCUT2D eigenvalue weighted by atomic mass is 10.0. The fourth-order valence-electron chi connectivity index (χ4n) is 4.25. The Kier molecular flexibility index (Phi) is 7.33. The number of hydrogen-bond acceptors (Lipinski definition) is 2. The summed E-state index contributed by atoms with van der Waals surface area (Å²) in [5.41, 5.74) is 6.21. The lowest BCUT2D eigenvalue weighted by Gasteiger charge is -2.15. The quantitative estimate of drug-likeness (QED) is 0.247. The summed E-state index contributed by atoms with van der Waals surface area (Å²) in [7, 11) is 0. The number of ether oxygens (including phenoxy) is 1. The number of benzene rings is 4. The third-order valence-corrected chi connectivity index (χ3v) is 6.06. The Labute approximate surface area is 201 Å². The number of hydrogen-bond donors (Lipinski definition) is 2. The van der Waals surface area contributed by atoms with Gasteiger partial charge < -0.3 is 15.0 Å². The van der Waals surface area contributed by atoms with Gasteiger partial charge in [0.05, 0.1) is 0 Å².